The van der Waals surface area contributed by atoms with E-state index in [-0.39, 0.29) is 11.7 Å². The van der Waals surface area contributed by atoms with Crippen molar-refractivity contribution in [1.29, 1.82) is 0 Å². The molecule has 0 saturated carbocycles. The fourth-order valence-electron chi connectivity index (χ4n) is 1.73. The molecule has 4 nitrogen and oxygen atoms in total. The van der Waals surface area contributed by atoms with Gasteiger partial charge in [-0.1, -0.05) is 48.5 Å². The molecular weight excluding hydrogens is 285 g/mol. The van der Waals surface area contributed by atoms with E-state index in [9.17, 15) is 9.59 Å². The van der Waals surface area contributed by atoms with Gasteiger partial charge in [-0.25, -0.2) is 5.48 Å². The fraction of sp³-hybridized carbons (Fsp3) is 0. The van der Waals surface area contributed by atoms with Gasteiger partial charge in [-0.2, -0.15) is 0 Å². The third-order valence-electron chi connectivity index (χ3n) is 2.81. The van der Waals surface area contributed by atoms with Crippen LogP contribution in [0.2, 0.25) is 0 Å². The molecule has 0 saturated heterocycles. The van der Waals surface area contributed by atoms with Gasteiger partial charge in [0, 0.05) is 20.6 Å². The number of hydrogen-bond donors (Lipinski definition) is 1. The minimum Gasteiger partial charge on any atom is -0.289 e. The minimum atomic E-state index is -0.333. The maximum Gasteiger partial charge on any atom is 0.275 e. The Hall–Kier alpha value is -2.29. The zero-order valence-electron chi connectivity index (χ0n) is 11.2. The lowest BCUT2D eigenvalue weighted by molar-refractivity contribution is 0.0795. The van der Waals surface area contributed by atoms with Gasteiger partial charge >= 0.3 is 0 Å². The Labute approximate surface area is 125 Å². The Morgan fingerprint density at radius 1 is 0.952 bits per heavy atom. The first kappa shape index (κ1) is 15.1. The summed E-state index contributed by atoms with van der Waals surface area (Å²) in [6, 6.07) is 15.9. The second-order valence-electron chi connectivity index (χ2n) is 4.23. The highest BCUT2D eigenvalue weighted by Gasteiger charge is 2.04. The van der Waals surface area contributed by atoms with Crippen LogP contribution in [0.4, 0.5) is 0 Å². The number of amides is 1. The number of carbonyl (C=O) groups excluding carboxylic acids is 2. The highest BCUT2D eigenvalue weighted by atomic mass is 31.0. The maximum absolute atomic E-state index is 11.9. The monoisotopic (exact) mass is 299 g/mol. The molecule has 0 heterocycles. The summed E-state index contributed by atoms with van der Waals surface area (Å²) in [7, 11) is 1.94. The lowest BCUT2D eigenvalue weighted by Gasteiger charge is -2.01. The zero-order chi connectivity index (χ0) is 15.1. The molecule has 0 aliphatic rings. The third-order valence-corrected chi connectivity index (χ3v) is 2.93. The standard InChI is InChI=1S/C16H14NO3P/c18-15(13-4-2-1-3-5-13)11-8-12-6-9-14(10-7-12)16(19)17-20-21/h1-11H,21H2,(H,17,19)/b11-8+. The first-order valence-electron chi connectivity index (χ1n) is 6.24. The zero-order valence-corrected chi connectivity index (χ0v) is 12.3. The Morgan fingerprint density at radius 2 is 1.62 bits per heavy atom. The normalized spacial score (nSPS) is 10.5. The van der Waals surface area contributed by atoms with Gasteiger partial charge in [0.1, 0.15) is 0 Å². The number of hydroxylamine groups is 1. The summed E-state index contributed by atoms with van der Waals surface area (Å²) in [6.07, 6.45) is 3.22. The summed E-state index contributed by atoms with van der Waals surface area (Å²) in [5.41, 5.74) is 4.16. The lowest BCUT2D eigenvalue weighted by Crippen LogP contribution is -2.19. The van der Waals surface area contributed by atoms with Crippen molar-refractivity contribution in [3.05, 3.63) is 77.4 Å². The summed E-state index contributed by atoms with van der Waals surface area (Å²) in [5.74, 6) is -0.394. The Bertz CT molecular complexity index is 651. The van der Waals surface area contributed by atoms with Crippen molar-refractivity contribution in [1.82, 2.24) is 5.48 Å². The summed E-state index contributed by atoms with van der Waals surface area (Å²) < 4.78 is 4.47. The van der Waals surface area contributed by atoms with Gasteiger partial charge in [-0.3, -0.25) is 14.2 Å². The van der Waals surface area contributed by atoms with Crippen molar-refractivity contribution >= 4 is 27.2 Å². The number of nitrogens with one attached hydrogen (secondary N) is 1. The molecule has 0 spiro atoms. The van der Waals surface area contributed by atoms with Crippen LogP contribution in [0.15, 0.2) is 60.7 Å². The van der Waals surface area contributed by atoms with Crippen molar-refractivity contribution in [3.63, 3.8) is 0 Å². The van der Waals surface area contributed by atoms with Crippen molar-refractivity contribution < 1.29 is 14.2 Å². The molecule has 5 heteroatoms. The van der Waals surface area contributed by atoms with Gasteiger partial charge < -0.3 is 0 Å². The molecule has 2 rings (SSSR count). The lowest BCUT2D eigenvalue weighted by atomic mass is 10.1. The number of benzene rings is 2. The number of rotatable bonds is 5. The predicted molar refractivity (Wildman–Crippen MR) is 84.5 cm³/mol. The summed E-state index contributed by atoms with van der Waals surface area (Å²) in [5, 5.41) is 0. The second kappa shape index (κ2) is 7.48. The van der Waals surface area contributed by atoms with Gasteiger partial charge in [0.05, 0.1) is 0 Å². The molecule has 0 aliphatic heterocycles. The van der Waals surface area contributed by atoms with Crippen LogP contribution < -0.4 is 5.48 Å². The van der Waals surface area contributed by atoms with Crippen molar-refractivity contribution in [2.75, 3.05) is 0 Å². The molecular formula is C16H14NO3P. The molecule has 0 aromatic heterocycles. The van der Waals surface area contributed by atoms with Crippen molar-refractivity contribution in [3.8, 4) is 0 Å². The van der Waals surface area contributed by atoms with E-state index in [2.05, 4.69) is 10.1 Å². The largest absolute Gasteiger partial charge is 0.289 e. The highest BCUT2D eigenvalue weighted by Crippen LogP contribution is 2.08. The van der Waals surface area contributed by atoms with E-state index in [0.29, 0.717) is 11.1 Å². The van der Waals surface area contributed by atoms with E-state index in [1.807, 2.05) is 27.7 Å². The predicted octanol–water partition coefficient (Wildman–Crippen LogP) is 3.03. The Morgan fingerprint density at radius 3 is 2.24 bits per heavy atom. The van der Waals surface area contributed by atoms with Gasteiger partial charge in [-0.15, -0.1) is 0 Å². The molecule has 0 radical (unpaired) electrons. The van der Waals surface area contributed by atoms with Crippen LogP contribution in [0.5, 0.6) is 0 Å². The third kappa shape index (κ3) is 4.35. The molecule has 0 fully saturated rings. The van der Waals surface area contributed by atoms with E-state index in [4.69, 9.17) is 0 Å². The van der Waals surface area contributed by atoms with Gasteiger partial charge in [0.25, 0.3) is 5.91 Å². The summed E-state index contributed by atoms with van der Waals surface area (Å²) in [4.78, 5) is 23.4. The molecule has 1 atom stereocenters. The highest BCUT2D eigenvalue weighted by molar-refractivity contribution is 7.09. The summed E-state index contributed by atoms with van der Waals surface area (Å²) in [6.45, 7) is 0. The number of hydrogen-bond acceptors (Lipinski definition) is 3. The molecule has 21 heavy (non-hydrogen) atoms. The SMILES string of the molecule is O=C(/C=C/c1ccc(C(=O)NOP)cc1)c1ccccc1. The average molecular weight is 299 g/mol. The van der Waals surface area contributed by atoms with E-state index < -0.39 is 0 Å². The number of ketones is 1. The second-order valence-corrected chi connectivity index (χ2v) is 4.47. The maximum atomic E-state index is 11.9. The van der Waals surface area contributed by atoms with Crippen LogP contribution in [0.3, 0.4) is 0 Å². The van der Waals surface area contributed by atoms with Crippen molar-refractivity contribution in [2.24, 2.45) is 0 Å². The Kier molecular flexibility index (Phi) is 5.38. The first-order chi connectivity index (χ1) is 10.2. The van der Waals surface area contributed by atoms with Crippen LogP contribution in [-0.4, -0.2) is 11.7 Å². The van der Waals surface area contributed by atoms with Crippen LogP contribution in [0.1, 0.15) is 26.3 Å². The molecule has 1 N–H and O–H groups in total. The molecule has 0 aliphatic carbocycles. The van der Waals surface area contributed by atoms with Crippen LogP contribution >= 0.6 is 9.47 Å². The number of allylic oxidation sites excluding steroid dienone is 1. The first-order valence-corrected chi connectivity index (χ1v) is 6.71. The van der Waals surface area contributed by atoms with E-state index in [0.717, 1.165) is 5.56 Å². The van der Waals surface area contributed by atoms with Crippen LogP contribution in [-0.2, 0) is 4.62 Å². The molecule has 2 aromatic carbocycles. The average Bonchev–Trinajstić information content (AvgIpc) is 2.54. The van der Waals surface area contributed by atoms with Gasteiger partial charge in [0.15, 0.2) is 5.78 Å². The molecule has 0 bridgehead atoms. The van der Waals surface area contributed by atoms with Gasteiger partial charge in [0.2, 0.25) is 0 Å². The van der Waals surface area contributed by atoms with E-state index >= 15 is 0 Å². The molecule has 1 unspecified atom stereocenters. The molecule has 1 amide bonds. The quantitative estimate of drug-likeness (QED) is 0.399. The van der Waals surface area contributed by atoms with Crippen LogP contribution in [0, 0.1) is 0 Å². The van der Waals surface area contributed by atoms with Crippen molar-refractivity contribution in [2.45, 2.75) is 0 Å². The molecule has 2 aromatic rings. The number of carbonyl (C=O) groups is 2. The fourth-order valence-corrected chi connectivity index (χ4v) is 1.84. The molecule has 106 valence electrons. The minimum absolute atomic E-state index is 0.0613. The summed E-state index contributed by atoms with van der Waals surface area (Å²) >= 11 is 0. The van der Waals surface area contributed by atoms with E-state index in [1.54, 1.807) is 42.5 Å². The van der Waals surface area contributed by atoms with E-state index in [1.165, 1.54) is 6.08 Å². The smallest absolute Gasteiger partial charge is 0.275 e. The van der Waals surface area contributed by atoms with Crippen LogP contribution in [0.25, 0.3) is 6.08 Å². The van der Waals surface area contributed by atoms with Gasteiger partial charge in [-0.05, 0) is 23.8 Å². The Balaban J connectivity index is 2.05. The topological polar surface area (TPSA) is 55.4 Å².